The zero-order valence-electron chi connectivity index (χ0n) is 10.5. The molecule has 0 aliphatic heterocycles. The van der Waals surface area contributed by atoms with Crippen LogP contribution in [0.25, 0.3) is 0 Å². The van der Waals surface area contributed by atoms with Gasteiger partial charge in [-0.25, -0.2) is 9.37 Å². The second kappa shape index (κ2) is 5.96. The Morgan fingerprint density at radius 2 is 2.22 bits per heavy atom. The second-order valence-electron chi connectivity index (χ2n) is 4.77. The third-order valence-corrected chi connectivity index (χ3v) is 3.41. The lowest BCUT2D eigenvalue weighted by Crippen LogP contribution is -2.21. The molecule has 0 bridgehead atoms. The Bertz CT molecular complexity index is 434. The number of aliphatic hydroxyl groups is 1. The second-order valence-corrected chi connectivity index (χ2v) is 4.77. The van der Waals surface area contributed by atoms with Gasteiger partial charge in [0.05, 0.1) is 19.4 Å². The highest BCUT2D eigenvalue weighted by molar-refractivity contribution is 5.25. The van der Waals surface area contributed by atoms with E-state index in [1.165, 1.54) is 6.07 Å². The predicted molar refractivity (Wildman–Crippen MR) is 66.6 cm³/mol. The molecule has 4 heteroatoms. The normalized spacial score (nSPS) is 23.1. The lowest BCUT2D eigenvalue weighted by atomic mass is 9.85. The predicted octanol–water partition coefficient (Wildman–Crippen LogP) is 2.69. The van der Waals surface area contributed by atoms with Gasteiger partial charge in [-0.2, -0.15) is 0 Å². The fourth-order valence-electron chi connectivity index (χ4n) is 2.14. The topological polar surface area (TPSA) is 42.4 Å². The zero-order valence-corrected chi connectivity index (χ0v) is 10.5. The number of halogens is 1. The van der Waals surface area contributed by atoms with Gasteiger partial charge in [0.2, 0.25) is 5.88 Å². The molecule has 3 nitrogen and oxygen atoms in total. The van der Waals surface area contributed by atoms with Crippen molar-refractivity contribution < 1.29 is 14.2 Å². The quantitative estimate of drug-likeness (QED) is 0.837. The van der Waals surface area contributed by atoms with Crippen molar-refractivity contribution in [3.8, 4) is 5.88 Å². The van der Waals surface area contributed by atoms with Crippen LogP contribution < -0.4 is 4.74 Å². The van der Waals surface area contributed by atoms with E-state index in [9.17, 15) is 4.39 Å². The average molecular weight is 251 g/mol. The van der Waals surface area contributed by atoms with Crippen molar-refractivity contribution in [1.29, 1.82) is 0 Å². The van der Waals surface area contributed by atoms with Gasteiger partial charge >= 0.3 is 0 Å². The molecule has 0 saturated heterocycles. The Morgan fingerprint density at radius 3 is 2.94 bits per heavy atom. The van der Waals surface area contributed by atoms with Crippen molar-refractivity contribution in [1.82, 2.24) is 4.98 Å². The van der Waals surface area contributed by atoms with Crippen molar-refractivity contribution in [2.45, 2.75) is 26.4 Å². The molecule has 1 aromatic heterocycles. The molecular formula is C14H18FNO2. The Morgan fingerprint density at radius 1 is 1.44 bits per heavy atom. The lowest BCUT2D eigenvalue weighted by Gasteiger charge is -2.25. The minimum absolute atomic E-state index is 0.264. The van der Waals surface area contributed by atoms with Crippen LogP contribution in [0.2, 0.25) is 0 Å². The number of pyridine rings is 1. The maximum atomic E-state index is 13.0. The number of ether oxygens (including phenoxy) is 1. The minimum atomic E-state index is -0.458. The van der Waals surface area contributed by atoms with Gasteiger partial charge in [0, 0.05) is 5.56 Å². The smallest absolute Gasteiger partial charge is 0.219 e. The molecule has 98 valence electrons. The molecule has 0 amide bonds. The van der Waals surface area contributed by atoms with E-state index < -0.39 is 5.82 Å². The summed E-state index contributed by atoms with van der Waals surface area (Å²) >= 11 is 0. The monoisotopic (exact) mass is 251 g/mol. The van der Waals surface area contributed by atoms with E-state index >= 15 is 0 Å². The molecule has 1 aliphatic carbocycles. The zero-order chi connectivity index (χ0) is 13.0. The van der Waals surface area contributed by atoms with Gasteiger partial charge < -0.3 is 9.84 Å². The summed E-state index contributed by atoms with van der Waals surface area (Å²) in [5.41, 5.74) is 0.397. The maximum Gasteiger partial charge on any atom is 0.219 e. The van der Waals surface area contributed by atoms with Gasteiger partial charge in [-0.05, 0) is 30.7 Å². The molecular weight excluding hydrogens is 233 g/mol. The van der Waals surface area contributed by atoms with Gasteiger partial charge in [0.25, 0.3) is 0 Å². The van der Waals surface area contributed by atoms with E-state index in [4.69, 9.17) is 9.84 Å². The van der Waals surface area contributed by atoms with E-state index in [2.05, 4.69) is 24.1 Å². The number of rotatable bonds is 4. The first-order valence-electron chi connectivity index (χ1n) is 6.23. The fourth-order valence-corrected chi connectivity index (χ4v) is 2.14. The number of hydrogen-bond donors (Lipinski definition) is 1. The van der Waals surface area contributed by atoms with Crippen LogP contribution in [0.1, 0.15) is 25.3 Å². The van der Waals surface area contributed by atoms with Crippen molar-refractivity contribution in [2.24, 2.45) is 11.8 Å². The summed E-state index contributed by atoms with van der Waals surface area (Å²) in [7, 11) is 0. The molecule has 1 aliphatic rings. The van der Waals surface area contributed by atoms with Crippen molar-refractivity contribution in [3.05, 3.63) is 35.8 Å². The summed E-state index contributed by atoms with van der Waals surface area (Å²) < 4.78 is 18.6. The SMILES string of the molecule is CC1CC=CCC1COc1ncc(F)cc1CO. The van der Waals surface area contributed by atoms with Gasteiger partial charge in [-0.3, -0.25) is 0 Å². The summed E-state index contributed by atoms with van der Waals surface area (Å²) in [6.45, 7) is 2.49. The van der Waals surface area contributed by atoms with Crippen LogP contribution in [0, 0.1) is 17.7 Å². The third kappa shape index (κ3) is 3.07. The van der Waals surface area contributed by atoms with E-state index in [-0.39, 0.29) is 6.61 Å². The van der Waals surface area contributed by atoms with Crippen LogP contribution in [-0.2, 0) is 6.61 Å². The molecule has 0 spiro atoms. The number of nitrogens with zero attached hydrogens (tertiary/aromatic N) is 1. The number of allylic oxidation sites excluding steroid dienone is 2. The van der Waals surface area contributed by atoms with Crippen LogP contribution in [0.5, 0.6) is 5.88 Å². The van der Waals surface area contributed by atoms with Crippen molar-refractivity contribution in [3.63, 3.8) is 0 Å². The minimum Gasteiger partial charge on any atom is -0.477 e. The van der Waals surface area contributed by atoms with Gasteiger partial charge in [-0.1, -0.05) is 19.1 Å². The maximum absolute atomic E-state index is 13.0. The summed E-state index contributed by atoms with van der Waals surface area (Å²) in [4.78, 5) is 3.88. The standard InChI is InChI=1S/C14H18FNO2/c1-10-4-2-3-5-11(10)9-18-14-12(8-17)6-13(15)7-16-14/h2-3,6-7,10-11,17H,4-5,8-9H2,1H3. The molecule has 1 aromatic rings. The Hall–Kier alpha value is -1.42. The molecule has 1 heterocycles. The molecule has 2 unspecified atom stereocenters. The van der Waals surface area contributed by atoms with Crippen LogP contribution >= 0.6 is 0 Å². The molecule has 18 heavy (non-hydrogen) atoms. The first kappa shape index (κ1) is 13.0. The Labute approximate surface area is 106 Å². The van der Waals surface area contributed by atoms with Crippen LogP contribution in [0.4, 0.5) is 4.39 Å². The van der Waals surface area contributed by atoms with Crippen LogP contribution in [0.3, 0.4) is 0 Å². The summed E-state index contributed by atoms with van der Waals surface area (Å²) in [5, 5.41) is 9.13. The first-order valence-corrected chi connectivity index (χ1v) is 6.23. The summed E-state index contributed by atoms with van der Waals surface area (Å²) in [6, 6.07) is 1.26. The number of hydrogen-bond acceptors (Lipinski definition) is 3. The summed E-state index contributed by atoms with van der Waals surface area (Å²) in [6.07, 6.45) is 7.53. The molecule has 0 aromatic carbocycles. The van der Waals surface area contributed by atoms with Crippen LogP contribution in [-0.4, -0.2) is 16.7 Å². The van der Waals surface area contributed by atoms with Gasteiger partial charge in [0.1, 0.15) is 5.82 Å². The molecule has 0 fully saturated rings. The van der Waals surface area contributed by atoms with E-state index in [0.29, 0.717) is 29.9 Å². The third-order valence-electron chi connectivity index (χ3n) is 3.41. The molecule has 2 rings (SSSR count). The van der Waals surface area contributed by atoms with Crippen molar-refractivity contribution in [2.75, 3.05) is 6.61 Å². The van der Waals surface area contributed by atoms with E-state index in [1.807, 2.05) is 0 Å². The van der Waals surface area contributed by atoms with E-state index in [0.717, 1.165) is 19.0 Å². The highest BCUT2D eigenvalue weighted by atomic mass is 19.1. The number of aromatic nitrogens is 1. The average Bonchev–Trinajstić information content (AvgIpc) is 2.39. The Balaban J connectivity index is 1.99. The number of aliphatic hydroxyl groups excluding tert-OH is 1. The Kier molecular flexibility index (Phi) is 4.31. The van der Waals surface area contributed by atoms with Crippen LogP contribution in [0.15, 0.2) is 24.4 Å². The molecule has 0 saturated carbocycles. The van der Waals surface area contributed by atoms with Gasteiger partial charge in [0.15, 0.2) is 0 Å². The highest BCUT2D eigenvalue weighted by Crippen LogP contribution is 2.26. The van der Waals surface area contributed by atoms with Crippen molar-refractivity contribution >= 4 is 0 Å². The summed E-state index contributed by atoms with van der Waals surface area (Å²) in [5.74, 6) is 0.905. The fraction of sp³-hybridized carbons (Fsp3) is 0.500. The molecule has 2 atom stereocenters. The largest absolute Gasteiger partial charge is 0.477 e. The lowest BCUT2D eigenvalue weighted by molar-refractivity contribution is 0.185. The first-order chi connectivity index (χ1) is 8.70. The highest BCUT2D eigenvalue weighted by Gasteiger charge is 2.19. The molecule has 1 N–H and O–H groups in total. The van der Waals surface area contributed by atoms with E-state index in [1.54, 1.807) is 0 Å². The van der Waals surface area contributed by atoms with Gasteiger partial charge in [-0.15, -0.1) is 0 Å². The molecule has 0 radical (unpaired) electrons.